The summed E-state index contributed by atoms with van der Waals surface area (Å²) < 4.78 is 0. The summed E-state index contributed by atoms with van der Waals surface area (Å²) in [5.74, 6) is 0. The lowest BCUT2D eigenvalue weighted by atomic mass is 10.0. The third kappa shape index (κ3) is 20.7. The van der Waals surface area contributed by atoms with Crippen LogP contribution in [0.4, 0.5) is 0 Å². The Morgan fingerprint density at radius 2 is 0.724 bits per heavy atom. The Morgan fingerprint density at radius 1 is 0.345 bits per heavy atom. The van der Waals surface area contributed by atoms with Crippen LogP contribution in [0.25, 0.3) is 0 Å². The Hall–Kier alpha value is -1.82. The zero-order chi connectivity index (χ0) is 20.5. The van der Waals surface area contributed by atoms with E-state index in [1.807, 2.05) is 6.08 Å². The molecule has 159 valence electrons. The quantitative estimate of drug-likeness (QED) is 0.385. The SMILES string of the molecule is [C]1=C/C=C\C=C/C=C/C=C\C=C\C=C\CCCCCCCCCCCCCCC/1. The summed E-state index contributed by atoms with van der Waals surface area (Å²) in [5.41, 5.74) is 0. The van der Waals surface area contributed by atoms with Gasteiger partial charge in [-0.3, -0.25) is 0 Å². The molecule has 1 aliphatic carbocycles. The van der Waals surface area contributed by atoms with Crippen molar-refractivity contribution < 1.29 is 0 Å². The van der Waals surface area contributed by atoms with Crippen molar-refractivity contribution in [1.82, 2.24) is 0 Å². The number of allylic oxidation sites excluding steroid dienone is 14. The Morgan fingerprint density at radius 3 is 1.24 bits per heavy atom. The molecule has 0 saturated heterocycles. The van der Waals surface area contributed by atoms with Crippen LogP contribution in [-0.4, -0.2) is 0 Å². The average Bonchev–Trinajstić information content (AvgIpc) is 2.73. The fourth-order valence-electron chi connectivity index (χ4n) is 3.39. The summed E-state index contributed by atoms with van der Waals surface area (Å²) in [5, 5.41) is 0. The van der Waals surface area contributed by atoms with Crippen LogP contribution in [-0.2, 0) is 0 Å². The van der Waals surface area contributed by atoms with Gasteiger partial charge in [-0.05, 0) is 31.8 Å². The molecule has 0 N–H and O–H groups in total. The zero-order valence-corrected chi connectivity index (χ0v) is 18.6. The molecule has 0 aromatic heterocycles. The molecular weight excluding hydrogens is 348 g/mol. The molecule has 0 atom stereocenters. The van der Waals surface area contributed by atoms with Crippen molar-refractivity contribution in [3.8, 4) is 0 Å². The Labute approximate surface area is 181 Å². The maximum atomic E-state index is 3.37. The molecule has 29 heavy (non-hydrogen) atoms. The molecule has 0 spiro atoms. The highest BCUT2D eigenvalue weighted by Gasteiger charge is 1.94. The van der Waals surface area contributed by atoms with E-state index in [1.54, 1.807) is 0 Å². The van der Waals surface area contributed by atoms with Gasteiger partial charge in [0, 0.05) is 0 Å². The molecule has 0 bridgehead atoms. The molecule has 0 unspecified atom stereocenters. The van der Waals surface area contributed by atoms with E-state index in [2.05, 4.69) is 79.0 Å². The molecule has 0 amide bonds. The third-order valence-corrected chi connectivity index (χ3v) is 5.15. The van der Waals surface area contributed by atoms with Gasteiger partial charge in [-0.2, -0.15) is 0 Å². The Bertz CT molecular complexity index is 488. The number of rotatable bonds is 0. The van der Waals surface area contributed by atoms with Crippen LogP contribution >= 0.6 is 0 Å². The van der Waals surface area contributed by atoms with Gasteiger partial charge in [-0.15, -0.1) is 0 Å². The standard InChI is InChI=1S/C29H43/c1-2-4-6-8-10-12-14-16-18-20-22-24-26-28-29-27-25-23-21-19-17-15-13-11-9-7-5-3-1/h1-13H,14,16-29H2/b3-1+,4-2-,7-5-,8-6+,11-9-,12-10+,15-13?. The van der Waals surface area contributed by atoms with Crippen molar-refractivity contribution in [1.29, 1.82) is 0 Å². The fraction of sp³-hybridized carbons (Fsp3) is 0.517. The minimum Gasteiger partial charge on any atom is -0.0845 e. The molecule has 0 aromatic carbocycles. The molecular formula is C29H43. The van der Waals surface area contributed by atoms with Gasteiger partial charge in [0.2, 0.25) is 0 Å². The second-order valence-corrected chi connectivity index (χ2v) is 7.86. The molecule has 0 fully saturated rings. The number of hydrogen-bond donors (Lipinski definition) is 0. The van der Waals surface area contributed by atoms with Gasteiger partial charge in [0.15, 0.2) is 0 Å². The topological polar surface area (TPSA) is 0 Å². The van der Waals surface area contributed by atoms with Crippen molar-refractivity contribution in [2.45, 2.75) is 96.3 Å². The molecule has 0 aliphatic heterocycles. The summed E-state index contributed by atoms with van der Waals surface area (Å²) in [7, 11) is 0. The lowest BCUT2D eigenvalue weighted by Gasteiger charge is -2.02. The van der Waals surface area contributed by atoms with Crippen molar-refractivity contribution in [2.75, 3.05) is 0 Å². The highest BCUT2D eigenvalue weighted by molar-refractivity contribution is 5.20. The van der Waals surface area contributed by atoms with E-state index in [-0.39, 0.29) is 0 Å². The predicted molar refractivity (Wildman–Crippen MR) is 132 cm³/mol. The first kappa shape index (κ1) is 25.2. The lowest BCUT2D eigenvalue weighted by molar-refractivity contribution is 0.537. The smallest absolute Gasteiger partial charge is 0.0276 e. The van der Waals surface area contributed by atoms with Crippen LogP contribution in [0.2, 0.25) is 0 Å². The number of hydrogen-bond acceptors (Lipinski definition) is 0. The highest BCUT2D eigenvalue weighted by Crippen LogP contribution is 2.13. The molecule has 1 aliphatic rings. The summed E-state index contributed by atoms with van der Waals surface area (Å²) >= 11 is 0. The van der Waals surface area contributed by atoms with E-state index in [0.29, 0.717) is 0 Å². The van der Waals surface area contributed by atoms with Gasteiger partial charge >= 0.3 is 0 Å². The maximum absolute atomic E-state index is 3.37. The van der Waals surface area contributed by atoms with Crippen LogP contribution in [0.15, 0.2) is 79.0 Å². The molecule has 0 aromatic rings. The first-order valence-electron chi connectivity index (χ1n) is 12.1. The van der Waals surface area contributed by atoms with Crippen LogP contribution in [0.3, 0.4) is 0 Å². The largest absolute Gasteiger partial charge is 0.0845 e. The molecule has 1 rings (SSSR count). The van der Waals surface area contributed by atoms with Crippen molar-refractivity contribution in [2.24, 2.45) is 0 Å². The van der Waals surface area contributed by atoms with Gasteiger partial charge in [0.05, 0.1) is 0 Å². The summed E-state index contributed by atoms with van der Waals surface area (Å²) in [6.07, 6.45) is 51.0. The predicted octanol–water partition coefficient (Wildman–Crippen LogP) is 9.55. The molecule has 0 nitrogen and oxygen atoms in total. The minimum absolute atomic E-state index is 1.08. The van der Waals surface area contributed by atoms with Crippen molar-refractivity contribution >= 4 is 0 Å². The maximum Gasteiger partial charge on any atom is -0.0276 e. The Balaban J connectivity index is 2.30. The van der Waals surface area contributed by atoms with Crippen LogP contribution < -0.4 is 0 Å². The molecule has 0 heteroatoms. The van der Waals surface area contributed by atoms with E-state index in [1.165, 1.54) is 89.9 Å². The van der Waals surface area contributed by atoms with Crippen molar-refractivity contribution in [3.05, 3.63) is 85.1 Å². The second kappa shape index (κ2) is 22.5. The van der Waals surface area contributed by atoms with E-state index >= 15 is 0 Å². The van der Waals surface area contributed by atoms with Crippen molar-refractivity contribution in [3.63, 3.8) is 0 Å². The third-order valence-electron chi connectivity index (χ3n) is 5.15. The minimum atomic E-state index is 1.08. The van der Waals surface area contributed by atoms with Gasteiger partial charge in [-0.1, -0.05) is 150 Å². The summed E-state index contributed by atoms with van der Waals surface area (Å²) in [6, 6.07) is 0. The van der Waals surface area contributed by atoms with E-state index in [0.717, 1.165) is 6.42 Å². The Kier molecular flexibility index (Phi) is 19.5. The molecule has 0 heterocycles. The average molecular weight is 392 g/mol. The zero-order valence-electron chi connectivity index (χ0n) is 18.6. The first-order valence-corrected chi connectivity index (χ1v) is 12.1. The van der Waals surface area contributed by atoms with Gasteiger partial charge < -0.3 is 0 Å². The summed E-state index contributed by atoms with van der Waals surface area (Å²) in [6.45, 7) is 0. The first-order chi connectivity index (χ1) is 14.5. The van der Waals surface area contributed by atoms with E-state index in [4.69, 9.17) is 0 Å². The monoisotopic (exact) mass is 391 g/mol. The van der Waals surface area contributed by atoms with Gasteiger partial charge in [-0.25, -0.2) is 0 Å². The van der Waals surface area contributed by atoms with Crippen LogP contribution in [0.1, 0.15) is 96.3 Å². The highest BCUT2D eigenvalue weighted by atomic mass is 14.0. The second-order valence-electron chi connectivity index (χ2n) is 7.86. The summed E-state index contributed by atoms with van der Waals surface area (Å²) in [4.78, 5) is 0. The fourth-order valence-corrected chi connectivity index (χ4v) is 3.39. The normalized spacial score (nSPS) is 27.9. The van der Waals surface area contributed by atoms with Gasteiger partial charge in [0.1, 0.15) is 0 Å². The van der Waals surface area contributed by atoms with Gasteiger partial charge in [0.25, 0.3) is 0 Å². The molecule has 0 saturated carbocycles. The van der Waals surface area contributed by atoms with Crippen LogP contribution in [0.5, 0.6) is 0 Å². The molecule has 1 radical (unpaired) electrons. The lowest BCUT2D eigenvalue weighted by Crippen LogP contribution is -1.83. The van der Waals surface area contributed by atoms with Crippen LogP contribution in [0, 0.1) is 6.08 Å². The van der Waals surface area contributed by atoms with E-state index < -0.39 is 0 Å². The van der Waals surface area contributed by atoms with E-state index in [9.17, 15) is 0 Å².